The normalized spacial score (nSPS) is 22.4. The Balaban J connectivity index is 2.43. The molecular weight excluding hydrogens is 265 g/mol. The topological polar surface area (TPSA) is 15.3 Å². The largest absolute Gasteiger partial charge is 0.363 e. The molecule has 1 unspecified atom stereocenters. The lowest BCUT2D eigenvalue weighted by Gasteiger charge is -2.47. The van der Waals surface area contributed by atoms with Crippen LogP contribution in [0.4, 0.5) is 18.9 Å². The van der Waals surface area contributed by atoms with Crippen molar-refractivity contribution in [3.05, 3.63) is 29.6 Å². The molecule has 1 aromatic carbocycles. The highest BCUT2D eigenvalue weighted by Crippen LogP contribution is 2.30. The average Bonchev–Trinajstić information content (AvgIpc) is 2.32. The fourth-order valence-corrected chi connectivity index (χ4v) is 2.68. The lowest BCUT2D eigenvalue weighted by Crippen LogP contribution is -2.63. The van der Waals surface area contributed by atoms with E-state index in [1.165, 1.54) is 0 Å². The summed E-state index contributed by atoms with van der Waals surface area (Å²) in [6, 6.07) is 1.63. The van der Waals surface area contributed by atoms with Crippen LogP contribution in [-0.4, -0.2) is 24.7 Å². The summed E-state index contributed by atoms with van der Waals surface area (Å²) >= 11 is 0. The number of hydrogen-bond acceptors (Lipinski definition) is 2. The van der Waals surface area contributed by atoms with Crippen molar-refractivity contribution in [2.24, 2.45) is 5.92 Å². The highest BCUT2D eigenvalue weighted by molar-refractivity contribution is 5.50. The second-order valence-electron chi connectivity index (χ2n) is 6.42. The lowest BCUT2D eigenvalue weighted by atomic mass is 9.92. The molecule has 1 aromatic rings. The van der Waals surface area contributed by atoms with E-state index in [2.05, 4.69) is 5.32 Å². The number of hydrogen-bond donors (Lipinski definition) is 1. The molecular formula is C15H21F3N2. The first-order chi connectivity index (χ1) is 9.21. The van der Waals surface area contributed by atoms with Crippen molar-refractivity contribution in [2.75, 3.05) is 18.0 Å². The molecule has 1 N–H and O–H groups in total. The minimum atomic E-state index is -1.15. The minimum absolute atomic E-state index is 0.0439. The van der Waals surface area contributed by atoms with Crippen LogP contribution < -0.4 is 10.2 Å². The van der Waals surface area contributed by atoms with Crippen LogP contribution in [0.15, 0.2) is 12.1 Å². The van der Waals surface area contributed by atoms with Gasteiger partial charge in [-0.25, -0.2) is 13.2 Å². The first kappa shape index (κ1) is 15.2. The van der Waals surface area contributed by atoms with E-state index in [1.807, 2.05) is 32.6 Å². The Morgan fingerprint density at radius 3 is 2.35 bits per heavy atom. The van der Waals surface area contributed by atoms with Gasteiger partial charge >= 0.3 is 0 Å². The number of nitrogens with zero attached hydrogens (tertiary/aromatic N) is 1. The minimum Gasteiger partial charge on any atom is -0.363 e. The molecule has 0 radical (unpaired) electrons. The van der Waals surface area contributed by atoms with E-state index < -0.39 is 17.5 Å². The fraction of sp³-hybridized carbons (Fsp3) is 0.600. The third-order valence-corrected chi connectivity index (χ3v) is 3.82. The zero-order chi connectivity index (χ0) is 15.1. The van der Waals surface area contributed by atoms with Gasteiger partial charge in [0.2, 0.25) is 0 Å². The van der Waals surface area contributed by atoms with Crippen molar-refractivity contribution in [2.45, 2.75) is 39.3 Å². The summed E-state index contributed by atoms with van der Waals surface area (Å²) in [4.78, 5) is 1.85. The Morgan fingerprint density at radius 1 is 1.15 bits per heavy atom. The average molecular weight is 286 g/mol. The van der Waals surface area contributed by atoms with Crippen molar-refractivity contribution >= 4 is 5.69 Å². The van der Waals surface area contributed by atoms with Gasteiger partial charge in [0.25, 0.3) is 0 Å². The van der Waals surface area contributed by atoms with Crippen molar-refractivity contribution in [3.8, 4) is 0 Å². The molecule has 20 heavy (non-hydrogen) atoms. The lowest BCUT2D eigenvalue weighted by molar-refractivity contribution is 0.275. The van der Waals surface area contributed by atoms with Gasteiger partial charge in [-0.15, -0.1) is 0 Å². The van der Waals surface area contributed by atoms with Gasteiger partial charge in [0.1, 0.15) is 5.82 Å². The van der Waals surface area contributed by atoms with E-state index in [1.54, 1.807) is 0 Å². The Hall–Kier alpha value is -1.23. The van der Waals surface area contributed by atoms with E-state index in [0.717, 1.165) is 6.07 Å². The molecule has 0 aliphatic carbocycles. The molecule has 1 atom stereocenters. The van der Waals surface area contributed by atoms with Gasteiger partial charge in [0, 0.05) is 36.8 Å². The molecule has 0 aromatic heterocycles. The second-order valence-corrected chi connectivity index (χ2v) is 6.42. The highest BCUT2D eigenvalue weighted by Gasteiger charge is 2.35. The Bertz CT molecular complexity index is 500. The second kappa shape index (κ2) is 5.28. The van der Waals surface area contributed by atoms with Gasteiger partial charge in [-0.1, -0.05) is 13.8 Å². The standard InChI is InChI=1S/C15H21F3N2/c1-9(2)14-7-19-15(3,4)8-20(14)13-6-11(17)10(16)5-12(13)18/h5-6,9,14,19H,7-8H2,1-4H3. The summed E-state index contributed by atoms with van der Waals surface area (Å²) in [5.74, 6) is -2.61. The van der Waals surface area contributed by atoms with E-state index in [9.17, 15) is 13.2 Å². The first-order valence-electron chi connectivity index (χ1n) is 6.87. The van der Waals surface area contributed by atoms with Gasteiger partial charge in [-0.2, -0.15) is 0 Å². The van der Waals surface area contributed by atoms with Crippen LogP contribution >= 0.6 is 0 Å². The monoisotopic (exact) mass is 286 g/mol. The van der Waals surface area contributed by atoms with Gasteiger partial charge in [0.15, 0.2) is 11.6 Å². The van der Waals surface area contributed by atoms with Crippen LogP contribution in [0, 0.1) is 23.4 Å². The number of benzene rings is 1. The van der Waals surface area contributed by atoms with Crippen molar-refractivity contribution < 1.29 is 13.2 Å². The van der Waals surface area contributed by atoms with Crippen LogP contribution in [-0.2, 0) is 0 Å². The van der Waals surface area contributed by atoms with E-state index in [-0.39, 0.29) is 23.2 Å². The summed E-state index contributed by atoms with van der Waals surface area (Å²) in [6.07, 6.45) is 0. The van der Waals surface area contributed by atoms with E-state index in [4.69, 9.17) is 0 Å². The molecule has 0 bridgehead atoms. The predicted molar refractivity (Wildman–Crippen MR) is 74.4 cm³/mol. The summed E-state index contributed by atoms with van der Waals surface area (Å²) in [7, 11) is 0. The maximum atomic E-state index is 14.0. The van der Waals surface area contributed by atoms with Gasteiger partial charge in [-0.3, -0.25) is 0 Å². The smallest absolute Gasteiger partial charge is 0.161 e. The third kappa shape index (κ3) is 2.92. The summed E-state index contributed by atoms with van der Waals surface area (Å²) in [5.41, 5.74) is -0.0694. The molecule has 0 amide bonds. The fourth-order valence-electron chi connectivity index (χ4n) is 2.68. The van der Waals surface area contributed by atoms with Crippen LogP contribution in [0.5, 0.6) is 0 Å². The van der Waals surface area contributed by atoms with Gasteiger partial charge in [0.05, 0.1) is 5.69 Å². The Labute approximate surface area is 118 Å². The maximum absolute atomic E-state index is 14.0. The summed E-state index contributed by atoms with van der Waals surface area (Å²) < 4.78 is 40.6. The molecule has 0 spiro atoms. The Kier molecular flexibility index (Phi) is 4.00. The third-order valence-electron chi connectivity index (χ3n) is 3.82. The summed E-state index contributed by atoms with van der Waals surface area (Å²) in [6.45, 7) is 9.31. The van der Waals surface area contributed by atoms with Crippen molar-refractivity contribution in [1.29, 1.82) is 0 Å². The van der Waals surface area contributed by atoms with E-state index >= 15 is 0 Å². The van der Waals surface area contributed by atoms with Crippen molar-refractivity contribution in [3.63, 3.8) is 0 Å². The number of nitrogens with one attached hydrogen (secondary N) is 1. The number of piperazine rings is 1. The molecule has 1 saturated heterocycles. The van der Waals surface area contributed by atoms with Crippen LogP contribution in [0.25, 0.3) is 0 Å². The highest BCUT2D eigenvalue weighted by atomic mass is 19.2. The molecule has 1 fully saturated rings. The molecule has 2 rings (SSSR count). The molecule has 1 aliphatic heterocycles. The quantitative estimate of drug-likeness (QED) is 0.839. The van der Waals surface area contributed by atoms with E-state index in [0.29, 0.717) is 19.2 Å². The molecule has 112 valence electrons. The predicted octanol–water partition coefficient (Wildman–Crippen LogP) is 3.32. The zero-order valence-corrected chi connectivity index (χ0v) is 12.3. The first-order valence-corrected chi connectivity index (χ1v) is 6.87. The maximum Gasteiger partial charge on any atom is 0.161 e. The van der Waals surface area contributed by atoms with Crippen LogP contribution in [0.3, 0.4) is 0 Å². The number of halogens is 3. The number of anilines is 1. The van der Waals surface area contributed by atoms with Gasteiger partial charge in [-0.05, 0) is 19.8 Å². The molecule has 0 saturated carbocycles. The SMILES string of the molecule is CC(C)C1CNC(C)(C)CN1c1cc(F)c(F)cc1F. The molecule has 1 aliphatic rings. The molecule has 2 nitrogen and oxygen atoms in total. The molecule has 5 heteroatoms. The van der Waals surface area contributed by atoms with Gasteiger partial charge < -0.3 is 10.2 Å². The molecule has 1 heterocycles. The van der Waals surface area contributed by atoms with Crippen LogP contribution in [0.1, 0.15) is 27.7 Å². The van der Waals surface area contributed by atoms with Crippen molar-refractivity contribution in [1.82, 2.24) is 5.32 Å². The van der Waals surface area contributed by atoms with Crippen LogP contribution in [0.2, 0.25) is 0 Å². The summed E-state index contributed by atoms with van der Waals surface area (Å²) in [5, 5.41) is 3.40. The number of rotatable bonds is 2. The Morgan fingerprint density at radius 2 is 1.75 bits per heavy atom. The zero-order valence-electron chi connectivity index (χ0n) is 12.3.